The SMILES string of the molecule is Nc1ncc(-c2ccnc(Nc3ccc(F)cc3)n2)cn1. The zero-order valence-corrected chi connectivity index (χ0v) is 10.9. The minimum absolute atomic E-state index is 0.206. The van der Waals surface area contributed by atoms with E-state index < -0.39 is 0 Å². The van der Waals surface area contributed by atoms with Crippen molar-refractivity contribution in [2.75, 3.05) is 11.1 Å². The van der Waals surface area contributed by atoms with Crippen molar-refractivity contribution in [3.05, 3.63) is 54.7 Å². The second-order valence-corrected chi connectivity index (χ2v) is 4.23. The van der Waals surface area contributed by atoms with Gasteiger partial charge < -0.3 is 11.1 Å². The summed E-state index contributed by atoms with van der Waals surface area (Å²) in [6, 6.07) is 7.68. The molecule has 0 atom stereocenters. The average Bonchev–Trinajstić information content (AvgIpc) is 2.51. The molecule has 0 amide bonds. The van der Waals surface area contributed by atoms with E-state index in [0.717, 1.165) is 5.56 Å². The molecule has 7 heteroatoms. The largest absolute Gasteiger partial charge is 0.368 e. The molecule has 3 N–H and O–H groups in total. The lowest BCUT2D eigenvalue weighted by molar-refractivity contribution is 0.628. The molecule has 0 aliphatic heterocycles. The third-order valence-corrected chi connectivity index (χ3v) is 2.72. The van der Waals surface area contributed by atoms with Gasteiger partial charge in [0.15, 0.2) is 0 Å². The van der Waals surface area contributed by atoms with Crippen LogP contribution in [0.1, 0.15) is 0 Å². The maximum absolute atomic E-state index is 12.9. The van der Waals surface area contributed by atoms with E-state index in [1.54, 1.807) is 36.8 Å². The average molecular weight is 282 g/mol. The van der Waals surface area contributed by atoms with Gasteiger partial charge in [0.2, 0.25) is 11.9 Å². The third kappa shape index (κ3) is 3.08. The number of hydrogen-bond acceptors (Lipinski definition) is 6. The van der Waals surface area contributed by atoms with E-state index in [9.17, 15) is 4.39 Å². The Morgan fingerprint density at radius 3 is 2.38 bits per heavy atom. The molecule has 0 bridgehead atoms. The Bertz CT molecular complexity index is 742. The highest BCUT2D eigenvalue weighted by Gasteiger charge is 2.04. The highest BCUT2D eigenvalue weighted by molar-refractivity contribution is 5.60. The van der Waals surface area contributed by atoms with E-state index in [2.05, 4.69) is 25.3 Å². The first-order valence-corrected chi connectivity index (χ1v) is 6.14. The van der Waals surface area contributed by atoms with Crippen LogP contribution in [0.4, 0.5) is 22.0 Å². The molecule has 21 heavy (non-hydrogen) atoms. The van der Waals surface area contributed by atoms with E-state index in [4.69, 9.17) is 5.73 Å². The molecule has 6 nitrogen and oxygen atoms in total. The molecule has 0 saturated heterocycles. The molecule has 0 aliphatic rings. The van der Waals surface area contributed by atoms with Gasteiger partial charge in [0.1, 0.15) is 5.82 Å². The number of anilines is 3. The van der Waals surface area contributed by atoms with Gasteiger partial charge in [-0.15, -0.1) is 0 Å². The molecule has 0 fully saturated rings. The van der Waals surface area contributed by atoms with Crippen LogP contribution in [0, 0.1) is 5.82 Å². The number of halogens is 1. The summed E-state index contributed by atoms with van der Waals surface area (Å²) < 4.78 is 12.9. The zero-order chi connectivity index (χ0) is 14.7. The smallest absolute Gasteiger partial charge is 0.227 e. The lowest BCUT2D eigenvalue weighted by Crippen LogP contribution is -1.99. The van der Waals surface area contributed by atoms with Crippen molar-refractivity contribution in [1.29, 1.82) is 0 Å². The Kier molecular flexibility index (Phi) is 3.38. The van der Waals surface area contributed by atoms with Gasteiger partial charge in [-0.05, 0) is 30.3 Å². The number of rotatable bonds is 3. The Labute approximate surface area is 119 Å². The maximum atomic E-state index is 12.9. The molecule has 0 spiro atoms. The standard InChI is InChI=1S/C14H11FN6/c15-10-1-3-11(4-2-10)20-14-17-6-5-12(21-14)9-7-18-13(16)19-8-9/h1-8H,(H2,16,18,19)(H,17,20,21). The first kappa shape index (κ1) is 12.9. The van der Waals surface area contributed by atoms with Gasteiger partial charge in [0.25, 0.3) is 0 Å². The second-order valence-electron chi connectivity index (χ2n) is 4.23. The van der Waals surface area contributed by atoms with Crippen LogP contribution in [0.2, 0.25) is 0 Å². The minimum Gasteiger partial charge on any atom is -0.368 e. The molecule has 0 unspecified atom stereocenters. The highest BCUT2D eigenvalue weighted by Crippen LogP contribution is 2.18. The van der Waals surface area contributed by atoms with Crippen LogP contribution in [0.3, 0.4) is 0 Å². The molecule has 0 radical (unpaired) electrons. The Balaban J connectivity index is 1.86. The predicted molar refractivity (Wildman–Crippen MR) is 77.2 cm³/mol. The van der Waals surface area contributed by atoms with Crippen LogP contribution >= 0.6 is 0 Å². The number of benzene rings is 1. The maximum Gasteiger partial charge on any atom is 0.227 e. The van der Waals surface area contributed by atoms with Crippen molar-refractivity contribution in [3.8, 4) is 11.3 Å². The van der Waals surface area contributed by atoms with E-state index in [1.807, 2.05) is 0 Å². The number of nitrogens with two attached hydrogens (primary N) is 1. The van der Waals surface area contributed by atoms with Crippen LogP contribution < -0.4 is 11.1 Å². The van der Waals surface area contributed by atoms with Crippen LogP contribution in [0.25, 0.3) is 11.3 Å². The van der Waals surface area contributed by atoms with Crippen molar-refractivity contribution in [3.63, 3.8) is 0 Å². The van der Waals surface area contributed by atoms with Crippen LogP contribution in [-0.4, -0.2) is 19.9 Å². The van der Waals surface area contributed by atoms with Crippen LogP contribution in [0.5, 0.6) is 0 Å². The molecule has 1 aromatic carbocycles. The molecule has 104 valence electrons. The van der Waals surface area contributed by atoms with Gasteiger partial charge in [-0.3, -0.25) is 0 Å². The predicted octanol–water partition coefficient (Wildman–Crippen LogP) is 2.40. The summed E-state index contributed by atoms with van der Waals surface area (Å²) in [4.78, 5) is 16.3. The molecule has 3 aromatic rings. The van der Waals surface area contributed by atoms with Gasteiger partial charge in [-0.1, -0.05) is 0 Å². The quantitative estimate of drug-likeness (QED) is 0.766. The fourth-order valence-corrected chi connectivity index (χ4v) is 1.71. The second kappa shape index (κ2) is 5.49. The summed E-state index contributed by atoms with van der Waals surface area (Å²) in [6.07, 6.45) is 4.79. The summed E-state index contributed by atoms with van der Waals surface area (Å²) in [7, 11) is 0. The first-order chi connectivity index (χ1) is 10.2. The van der Waals surface area contributed by atoms with Crippen molar-refractivity contribution >= 4 is 17.6 Å². The van der Waals surface area contributed by atoms with Crippen LogP contribution in [0.15, 0.2) is 48.9 Å². The van der Waals surface area contributed by atoms with Gasteiger partial charge in [0, 0.05) is 29.8 Å². The fourth-order valence-electron chi connectivity index (χ4n) is 1.71. The molecule has 2 heterocycles. The molecule has 3 rings (SSSR count). The van der Waals surface area contributed by atoms with Crippen molar-refractivity contribution in [1.82, 2.24) is 19.9 Å². The van der Waals surface area contributed by atoms with E-state index in [-0.39, 0.29) is 11.8 Å². The Morgan fingerprint density at radius 2 is 1.67 bits per heavy atom. The normalized spacial score (nSPS) is 10.3. The highest BCUT2D eigenvalue weighted by atomic mass is 19.1. The number of aromatic nitrogens is 4. The third-order valence-electron chi connectivity index (χ3n) is 2.72. The molecule has 2 aromatic heterocycles. The number of nitrogens with one attached hydrogen (secondary N) is 1. The van der Waals surface area contributed by atoms with Gasteiger partial charge in [-0.25, -0.2) is 24.3 Å². The Hall–Kier alpha value is -3.09. The van der Waals surface area contributed by atoms with E-state index in [0.29, 0.717) is 17.3 Å². The molecule has 0 aliphatic carbocycles. The fraction of sp³-hybridized carbons (Fsp3) is 0. The Morgan fingerprint density at radius 1 is 0.952 bits per heavy atom. The molecule has 0 saturated carbocycles. The summed E-state index contributed by atoms with van der Waals surface area (Å²) in [5.74, 6) is 0.308. The van der Waals surface area contributed by atoms with Crippen molar-refractivity contribution < 1.29 is 4.39 Å². The number of nitrogen functional groups attached to an aromatic ring is 1. The van der Waals surface area contributed by atoms with E-state index >= 15 is 0 Å². The van der Waals surface area contributed by atoms with Crippen molar-refractivity contribution in [2.45, 2.75) is 0 Å². The number of nitrogens with zero attached hydrogens (tertiary/aromatic N) is 4. The molecular formula is C14H11FN6. The van der Waals surface area contributed by atoms with Gasteiger partial charge in [-0.2, -0.15) is 0 Å². The lowest BCUT2D eigenvalue weighted by atomic mass is 10.2. The monoisotopic (exact) mass is 282 g/mol. The zero-order valence-electron chi connectivity index (χ0n) is 10.9. The molecular weight excluding hydrogens is 271 g/mol. The van der Waals surface area contributed by atoms with Crippen LogP contribution in [-0.2, 0) is 0 Å². The lowest BCUT2D eigenvalue weighted by Gasteiger charge is -2.06. The number of hydrogen-bond donors (Lipinski definition) is 2. The first-order valence-electron chi connectivity index (χ1n) is 6.14. The summed E-state index contributed by atoms with van der Waals surface area (Å²) in [6.45, 7) is 0. The minimum atomic E-state index is -0.297. The topological polar surface area (TPSA) is 89.6 Å². The van der Waals surface area contributed by atoms with Gasteiger partial charge in [0.05, 0.1) is 5.69 Å². The van der Waals surface area contributed by atoms with Gasteiger partial charge >= 0.3 is 0 Å². The summed E-state index contributed by atoms with van der Waals surface area (Å²) >= 11 is 0. The summed E-state index contributed by atoms with van der Waals surface area (Å²) in [5, 5.41) is 3.00. The van der Waals surface area contributed by atoms with E-state index in [1.165, 1.54) is 12.1 Å². The summed E-state index contributed by atoms with van der Waals surface area (Å²) in [5.41, 5.74) is 7.54. The van der Waals surface area contributed by atoms with Crippen molar-refractivity contribution in [2.24, 2.45) is 0 Å².